The Kier molecular flexibility index (Phi) is 4.44. The molecule has 3 aromatic rings. The average molecular weight is 315 g/mol. The third-order valence-corrected chi connectivity index (χ3v) is 4.66. The second-order valence-electron chi connectivity index (χ2n) is 4.72. The molecule has 4 heteroatoms. The van der Waals surface area contributed by atoms with Crippen LogP contribution < -0.4 is 5.73 Å². The summed E-state index contributed by atoms with van der Waals surface area (Å²) in [6.45, 7) is 0.517. The molecule has 0 saturated heterocycles. The van der Waals surface area contributed by atoms with Gasteiger partial charge >= 0.3 is 0 Å². The van der Waals surface area contributed by atoms with E-state index in [4.69, 9.17) is 22.3 Å². The SMILES string of the molecule is NCc1cc(SCc2ccccc2Cl)nc2ccccc12. The fourth-order valence-electron chi connectivity index (χ4n) is 2.23. The molecule has 0 aliphatic rings. The van der Waals surface area contributed by atoms with E-state index in [0.29, 0.717) is 6.54 Å². The molecule has 0 aliphatic heterocycles. The van der Waals surface area contributed by atoms with Gasteiger partial charge in [-0.05, 0) is 29.3 Å². The fourth-order valence-corrected chi connectivity index (χ4v) is 3.46. The maximum atomic E-state index is 6.19. The van der Waals surface area contributed by atoms with Crippen LogP contribution in [0.25, 0.3) is 10.9 Å². The molecule has 0 fully saturated rings. The first-order chi connectivity index (χ1) is 10.3. The number of pyridine rings is 1. The number of halogens is 1. The van der Waals surface area contributed by atoms with Crippen LogP contribution in [-0.4, -0.2) is 4.98 Å². The monoisotopic (exact) mass is 314 g/mol. The summed E-state index contributed by atoms with van der Waals surface area (Å²) in [7, 11) is 0. The predicted molar refractivity (Wildman–Crippen MR) is 90.6 cm³/mol. The summed E-state index contributed by atoms with van der Waals surface area (Å²) < 4.78 is 0. The zero-order valence-corrected chi connectivity index (χ0v) is 13.0. The molecule has 0 atom stereocenters. The first-order valence-corrected chi connectivity index (χ1v) is 8.09. The predicted octanol–water partition coefficient (Wildman–Crippen LogP) is 4.64. The maximum absolute atomic E-state index is 6.19. The van der Waals surface area contributed by atoms with Crippen molar-refractivity contribution in [3.63, 3.8) is 0 Å². The van der Waals surface area contributed by atoms with Gasteiger partial charge in [0.1, 0.15) is 0 Å². The van der Waals surface area contributed by atoms with E-state index in [1.54, 1.807) is 11.8 Å². The Morgan fingerprint density at radius 1 is 1.00 bits per heavy atom. The van der Waals surface area contributed by atoms with Gasteiger partial charge in [0.2, 0.25) is 0 Å². The maximum Gasteiger partial charge on any atom is 0.0974 e. The Morgan fingerprint density at radius 3 is 2.57 bits per heavy atom. The molecular formula is C17H15ClN2S. The standard InChI is InChI=1S/C17H15ClN2S/c18-15-7-3-1-5-12(15)11-21-17-9-13(10-19)14-6-2-4-8-16(14)20-17/h1-9H,10-11,19H2. The highest BCUT2D eigenvalue weighted by atomic mass is 35.5. The second-order valence-corrected chi connectivity index (χ2v) is 6.12. The molecule has 0 radical (unpaired) electrons. The first kappa shape index (κ1) is 14.4. The lowest BCUT2D eigenvalue weighted by Crippen LogP contribution is -1.99. The second kappa shape index (κ2) is 6.48. The van der Waals surface area contributed by atoms with Crippen molar-refractivity contribution >= 4 is 34.3 Å². The van der Waals surface area contributed by atoms with Crippen LogP contribution in [0.3, 0.4) is 0 Å². The summed E-state index contributed by atoms with van der Waals surface area (Å²) in [6, 6.07) is 18.1. The summed E-state index contributed by atoms with van der Waals surface area (Å²) in [4.78, 5) is 4.69. The highest BCUT2D eigenvalue weighted by Crippen LogP contribution is 2.28. The zero-order valence-electron chi connectivity index (χ0n) is 11.4. The molecule has 1 heterocycles. The molecule has 3 rings (SSSR count). The minimum absolute atomic E-state index is 0.517. The van der Waals surface area contributed by atoms with Gasteiger partial charge in [0.05, 0.1) is 10.5 Å². The van der Waals surface area contributed by atoms with Crippen LogP contribution in [0.4, 0.5) is 0 Å². The molecule has 0 saturated carbocycles. The Balaban J connectivity index is 1.89. The van der Waals surface area contributed by atoms with E-state index in [2.05, 4.69) is 12.1 Å². The minimum Gasteiger partial charge on any atom is -0.326 e. The molecule has 0 spiro atoms. The van der Waals surface area contributed by atoms with Crippen molar-refractivity contribution in [1.29, 1.82) is 0 Å². The number of hydrogen-bond donors (Lipinski definition) is 1. The van der Waals surface area contributed by atoms with E-state index < -0.39 is 0 Å². The normalized spacial score (nSPS) is 11.0. The van der Waals surface area contributed by atoms with Crippen molar-refractivity contribution in [2.45, 2.75) is 17.3 Å². The molecule has 2 nitrogen and oxygen atoms in total. The minimum atomic E-state index is 0.517. The third kappa shape index (κ3) is 3.21. The number of nitrogens with zero attached hydrogens (tertiary/aromatic N) is 1. The van der Waals surface area contributed by atoms with Crippen LogP contribution in [0.2, 0.25) is 5.02 Å². The van der Waals surface area contributed by atoms with Crippen LogP contribution >= 0.6 is 23.4 Å². The van der Waals surface area contributed by atoms with Crippen molar-refractivity contribution in [1.82, 2.24) is 4.98 Å². The molecule has 106 valence electrons. The van der Waals surface area contributed by atoms with Crippen LogP contribution in [0, 0.1) is 0 Å². The van der Waals surface area contributed by atoms with Crippen molar-refractivity contribution in [2.75, 3.05) is 0 Å². The van der Waals surface area contributed by atoms with Crippen LogP contribution in [-0.2, 0) is 12.3 Å². The van der Waals surface area contributed by atoms with Gasteiger partial charge in [0.25, 0.3) is 0 Å². The zero-order chi connectivity index (χ0) is 14.7. The highest BCUT2D eigenvalue weighted by Gasteiger charge is 2.06. The Bertz CT molecular complexity index is 774. The van der Waals surface area contributed by atoms with Gasteiger partial charge in [-0.1, -0.05) is 48.0 Å². The van der Waals surface area contributed by atoms with Crippen molar-refractivity contribution in [3.05, 3.63) is 70.7 Å². The molecule has 2 N–H and O–H groups in total. The molecule has 1 aromatic heterocycles. The quantitative estimate of drug-likeness (QED) is 0.713. The lowest BCUT2D eigenvalue weighted by atomic mass is 10.1. The number of para-hydroxylation sites is 1. The van der Waals surface area contributed by atoms with E-state index in [0.717, 1.165) is 37.8 Å². The number of rotatable bonds is 4. The number of aromatic nitrogens is 1. The Labute approximate surface area is 133 Å². The van der Waals surface area contributed by atoms with Gasteiger partial charge in [-0.15, -0.1) is 11.8 Å². The number of hydrogen-bond acceptors (Lipinski definition) is 3. The summed E-state index contributed by atoms with van der Waals surface area (Å²) in [5.74, 6) is 0.801. The van der Waals surface area contributed by atoms with Gasteiger partial charge in [-0.2, -0.15) is 0 Å². The van der Waals surface area contributed by atoms with Crippen LogP contribution in [0.15, 0.2) is 59.6 Å². The number of thioether (sulfide) groups is 1. The number of nitrogens with two attached hydrogens (primary N) is 1. The van der Waals surface area contributed by atoms with E-state index in [9.17, 15) is 0 Å². The van der Waals surface area contributed by atoms with Crippen molar-refractivity contribution in [3.8, 4) is 0 Å². The summed E-state index contributed by atoms with van der Waals surface area (Å²) in [5, 5.41) is 2.90. The highest BCUT2D eigenvalue weighted by molar-refractivity contribution is 7.98. The third-order valence-electron chi connectivity index (χ3n) is 3.33. The van der Waals surface area contributed by atoms with Gasteiger partial charge < -0.3 is 5.73 Å². The topological polar surface area (TPSA) is 38.9 Å². The molecule has 0 amide bonds. The number of fused-ring (bicyclic) bond motifs is 1. The lowest BCUT2D eigenvalue weighted by Gasteiger charge is -2.08. The van der Waals surface area contributed by atoms with Gasteiger partial charge in [0.15, 0.2) is 0 Å². The van der Waals surface area contributed by atoms with Crippen molar-refractivity contribution in [2.24, 2.45) is 5.73 Å². The van der Waals surface area contributed by atoms with Gasteiger partial charge in [-0.3, -0.25) is 0 Å². The van der Waals surface area contributed by atoms with Crippen LogP contribution in [0.1, 0.15) is 11.1 Å². The van der Waals surface area contributed by atoms with E-state index in [1.165, 1.54) is 0 Å². The van der Waals surface area contributed by atoms with E-state index >= 15 is 0 Å². The largest absolute Gasteiger partial charge is 0.326 e. The van der Waals surface area contributed by atoms with E-state index in [1.807, 2.05) is 42.5 Å². The Hall–Kier alpha value is -1.55. The van der Waals surface area contributed by atoms with Crippen LogP contribution in [0.5, 0.6) is 0 Å². The molecular weight excluding hydrogens is 300 g/mol. The first-order valence-electron chi connectivity index (χ1n) is 6.73. The average Bonchev–Trinajstić information content (AvgIpc) is 2.53. The van der Waals surface area contributed by atoms with Gasteiger partial charge in [0, 0.05) is 22.7 Å². The summed E-state index contributed by atoms with van der Waals surface area (Å²) in [5.41, 5.74) is 9.09. The summed E-state index contributed by atoms with van der Waals surface area (Å²) >= 11 is 7.87. The van der Waals surface area contributed by atoms with Gasteiger partial charge in [-0.25, -0.2) is 4.98 Å². The smallest absolute Gasteiger partial charge is 0.0974 e. The fraction of sp³-hybridized carbons (Fsp3) is 0.118. The molecule has 0 bridgehead atoms. The molecule has 2 aromatic carbocycles. The van der Waals surface area contributed by atoms with Crippen molar-refractivity contribution < 1.29 is 0 Å². The summed E-state index contributed by atoms with van der Waals surface area (Å²) in [6.07, 6.45) is 0. The number of benzene rings is 2. The molecule has 0 aliphatic carbocycles. The Morgan fingerprint density at radius 2 is 1.76 bits per heavy atom. The molecule has 0 unspecified atom stereocenters. The van der Waals surface area contributed by atoms with E-state index in [-0.39, 0.29) is 0 Å². The molecule has 21 heavy (non-hydrogen) atoms. The lowest BCUT2D eigenvalue weighted by molar-refractivity contribution is 1.05.